The minimum absolute atomic E-state index is 0.148. The lowest BCUT2D eigenvalue weighted by molar-refractivity contribution is 0.215. The fourth-order valence-corrected chi connectivity index (χ4v) is 8.70. The zero-order valence-electron chi connectivity index (χ0n) is 48.2. The highest BCUT2D eigenvalue weighted by Gasteiger charge is 2.19. The Bertz CT molecular complexity index is 4140. The van der Waals surface area contributed by atoms with E-state index in [4.69, 9.17) is 41.1 Å². The molecule has 0 bridgehead atoms. The van der Waals surface area contributed by atoms with E-state index in [-0.39, 0.29) is 53.2 Å². The molecule has 3 amide bonds. The van der Waals surface area contributed by atoms with Gasteiger partial charge in [-0.15, -0.1) is 0 Å². The summed E-state index contributed by atoms with van der Waals surface area (Å²) in [6.07, 6.45) is 8.97. The first-order valence-corrected chi connectivity index (χ1v) is 26.4. The number of hydrogen-bond donors (Lipinski definition) is 6. The lowest BCUT2D eigenvalue weighted by Gasteiger charge is -2.10. The number of carbonyl (C=O) groups excluding carboxylic acids is 3. The quantitative estimate of drug-likeness (QED) is 0.0387. The maximum atomic E-state index is 12.8. The number of carbonyl (C=O) groups is 3. The number of nitrogens with one attached hydrogen (secondary N) is 3. The molecule has 0 aliphatic heterocycles. The van der Waals surface area contributed by atoms with Crippen molar-refractivity contribution in [2.45, 2.75) is 40.7 Å². The first-order valence-electron chi connectivity index (χ1n) is 26.4. The molecule has 0 unspecified atom stereocenters. The summed E-state index contributed by atoms with van der Waals surface area (Å²) in [6.45, 7) is 8.71. The number of hydrogen-bond acceptors (Lipinski definition) is 21. The fourth-order valence-electron chi connectivity index (χ4n) is 8.70. The number of benzene rings is 4. The summed E-state index contributed by atoms with van der Waals surface area (Å²) < 4.78 is 22.5. The van der Waals surface area contributed by atoms with Gasteiger partial charge in [0.15, 0.2) is 0 Å². The van der Waals surface area contributed by atoms with E-state index in [2.05, 4.69) is 66.2 Å². The highest BCUT2D eigenvalue weighted by atomic mass is 16.6. The average molecular weight is 1170 g/mol. The number of aromatic nitrogens is 9. The molecule has 27 nitrogen and oxygen atoms in total. The summed E-state index contributed by atoms with van der Waals surface area (Å²) in [5, 5.41) is 22.2. The van der Waals surface area contributed by atoms with Gasteiger partial charge in [0.2, 0.25) is 17.6 Å². The van der Waals surface area contributed by atoms with Crippen LogP contribution in [0.4, 0.5) is 31.8 Å². The number of anilines is 3. The van der Waals surface area contributed by atoms with Crippen molar-refractivity contribution < 1.29 is 43.1 Å². The Balaban J connectivity index is 0.000000169. The molecular weight excluding hydrogens is 1100 g/mol. The number of fused-ring (bicyclic) bond motifs is 3. The molecule has 6 heterocycles. The molecule has 442 valence electrons. The largest absolute Gasteiger partial charge is 0.438 e. The van der Waals surface area contributed by atoms with E-state index in [1.165, 1.54) is 59.0 Å². The summed E-state index contributed by atoms with van der Waals surface area (Å²) in [4.78, 5) is 75.5. The molecule has 9 N–H and O–H groups in total. The smallest absolute Gasteiger partial charge is 0.326 e. The molecule has 0 aliphatic carbocycles. The number of rotatable bonds is 16. The predicted octanol–water partition coefficient (Wildman–Crippen LogP) is 9.20. The van der Waals surface area contributed by atoms with Crippen molar-refractivity contribution in [3.05, 3.63) is 161 Å². The van der Waals surface area contributed by atoms with Gasteiger partial charge in [-0.25, -0.2) is 44.3 Å². The van der Waals surface area contributed by atoms with E-state index in [1.54, 1.807) is 45.0 Å². The molecule has 0 atom stereocenters. The van der Waals surface area contributed by atoms with Crippen LogP contribution in [-0.4, -0.2) is 115 Å². The van der Waals surface area contributed by atoms with Gasteiger partial charge in [0.05, 0.1) is 35.2 Å². The molecule has 10 rings (SSSR count). The molecule has 86 heavy (non-hydrogen) atoms. The first-order chi connectivity index (χ1) is 41.7. The molecular formula is C59H62N18O9. The molecule has 0 fully saturated rings. The van der Waals surface area contributed by atoms with Crippen molar-refractivity contribution >= 4 is 86.9 Å². The van der Waals surface area contributed by atoms with Gasteiger partial charge in [-0.1, -0.05) is 52.7 Å². The number of nitrogens with two attached hydrogens (primary N) is 3. The van der Waals surface area contributed by atoms with Gasteiger partial charge < -0.3 is 61.9 Å². The molecule has 0 radical (unpaired) electrons. The van der Waals surface area contributed by atoms with E-state index in [0.717, 1.165) is 61.8 Å². The average Bonchev–Trinajstić information content (AvgIpc) is 2.60. The van der Waals surface area contributed by atoms with Crippen LogP contribution < -0.4 is 47.4 Å². The van der Waals surface area contributed by atoms with E-state index >= 15 is 0 Å². The van der Waals surface area contributed by atoms with Crippen LogP contribution >= 0.6 is 0 Å². The molecule has 4 aromatic carbocycles. The Morgan fingerprint density at radius 1 is 0.500 bits per heavy atom. The number of ether oxygens (including phenoxy) is 3. The van der Waals surface area contributed by atoms with Crippen molar-refractivity contribution in [2.75, 3.05) is 52.1 Å². The van der Waals surface area contributed by atoms with Gasteiger partial charge in [-0.05, 0) is 106 Å². The molecule has 6 aromatic heterocycles. The number of nitrogen functional groups attached to an aromatic ring is 3. The molecule has 0 aliphatic rings. The minimum atomic E-state index is -0.201. The third kappa shape index (κ3) is 14.3. The van der Waals surface area contributed by atoms with Gasteiger partial charge in [-0.2, -0.15) is 0 Å². The third-order valence-electron chi connectivity index (χ3n) is 12.6. The highest BCUT2D eigenvalue weighted by Crippen LogP contribution is 2.33. The summed E-state index contributed by atoms with van der Waals surface area (Å²) >= 11 is 0. The van der Waals surface area contributed by atoms with Crippen LogP contribution in [0.15, 0.2) is 138 Å². The number of amides is 3. The third-order valence-corrected chi connectivity index (χ3v) is 12.6. The van der Waals surface area contributed by atoms with E-state index in [1.807, 2.05) is 107 Å². The van der Waals surface area contributed by atoms with Gasteiger partial charge in [0.25, 0.3) is 0 Å². The predicted molar refractivity (Wildman–Crippen MR) is 326 cm³/mol. The van der Waals surface area contributed by atoms with E-state index in [9.17, 15) is 14.4 Å². The first kappa shape index (κ1) is 60.5. The van der Waals surface area contributed by atoms with Crippen LogP contribution in [0.2, 0.25) is 0 Å². The van der Waals surface area contributed by atoms with Gasteiger partial charge in [0.1, 0.15) is 91.7 Å². The lowest BCUT2D eigenvalue weighted by atomic mass is 10.2. The molecule has 10 aromatic rings. The zero-order chi connectivity index (χ0) is 61.3. The lowest BCUT2D eigenvalue weighted by Crippen LogP contribution is -2.29. The molecule has 0 spiro atoms. The Hall–Kier alpha value is -11.6. The molecule has 0 saturated heterocycles. The second-order valence-electron chi connectivity index (χ2n) is 18.4. The van der Waals surface area contributed by atoms with E-state index in [0.29, 0.717) is 47.0 Å². The Morgan fingerprint density at radius 2 is 0.860 bits per heavy atom. The number of nitrogens with zero attached hydrogens (tertiary/aromatic N) is 12. The highest BCUT2D eigenvalue weighted by molar-refractivity contribution is 5.96. The maximum absolute atomic E-state index is 12.8. The number of oxime groups is 3. The van der Waals surface area contributed by atoms with Crippen molar-refractivity contribution in [1.29, 1.82) is 0 Å². The second kappa shape index (κ2) is 28.4. The van der Waals surface area contributed by atoms with Gasteiger partial charge in [0, 0.05) is 53.4 Å². The van der Waals surface area contributed by atoms with Crippen LogP contribution in [-0.2, 0) is 21.1 Å². The molecule has 0 saturated carbocycles. The standard InChI is InChI=1S/C23H22N6O3.C19H22N6O3.C17H18N6O3/c1-15-10-17-11-18(32-22-19(13-28-31-2)21(24)26-14-27-22)8-9-20(17)29(15)23(30)25-12-16-6-4-3-5-7-16;1-4-7-21-19(26)25-12(2)8-13-9-14(5-6-16(13)25)28-18-15(10-24-27-3)17(20)22-11-23-18;1-10-6-11-7-12(4-5-14(11)23(10)17(24)19-2)26-16-13(8-22-25-3)15(18)20-9-21-16/h3-11,13-14H,12H2,1-2H3,(H,25,30)(H2,24,26,27);5-6,8-11H,4,7H2,1-3H3,(H,21,26)(H2,20,22,23);4-9H,1-3H3,(H,19,24)(H2,18,20,21)/b28-13+;24-10+;22-8+. The van der Waals surface area contributed by atoms with Gasteiger partial charge in [-0.3, -0.25) is 13.7 Å². The Morgan fingerprint density at radius 3 is 1.21 bits per heavy atom. The second-order valence-corrected chi connectivity index (χ2v) is 18.4. The maximum Gasteiger partial charge on any atom is 0.326 e. The SMILES string of the molecule is CCCNC(=O)n1c(C)cc2cc(Oc3ncnc(N)c3/C=N/OC)ccc21.CNC(=O)n1c(C)cc2cc(Oc3ncnc(N)c3/C=N/OC)ccc21.CO/N=C/c1c(N)ncnc1Oc1ccc2c(c1)cc(C)n2C(=O)NCc1ccccc1. The Labute approximate surface area is 492 Å². The number of aryl methyl sites for hydroxylation is 3. The summed E-state index contributed by atoms with van der Waals surface area (Å²) in [5.41, 5.74) is 24.7. The minimum Gasteiger partial charge on any atom is -0.438 e. The summed E-state index contributed by atoms with van der Waals surface area (Å²) in [7, 11) is 5.86. The van der Waals surface area contributed by atoms with Crippen molar-refractivity contribution in [3.63, 3.8) is 0 Å². The van der Waals surface area contributed by atoms with Crippen LogP contribution in [0.25, 0.3) is 32.7 Å². The van der Waals surface area contributed by atoms with Crippen molar-refractivity contribution in [1.82, 2.24) is 59.6 Å². The van der Waals surface area contributed by atoms with Crippen LogP contribution in [0, 0.1) is 20.8 Å². The van der Waals surface area contributed by atoms with Crippen LogP contribution in [0.3, 0.4) is 0 Å². The summed E-state index contributed by atoms with van der Waals surface area (Å²) in [5.74, 6) is 3.03. The molecule has 27 heteroatoms. The summed E-state index contributed by atoms with van der Waals surface area (Å²) in [6, 6.07) is 31.2. The monoisotopic (exact) mass is 1170 g/mol. The topological polar surface area (TPSA) is 350 Å². The normalized spacial score (nSPS) is 11.1. The van der Waals surface area contributed by atoms with Crippen LogP contribution in [0.1, 0.15) is 52.7 Å². The van der Waals surface area contributed by atoms with Gasteiger partial charge >= 0.3 is 18.1 Å². The fraction of sp³-hybridized carbons (Fsp3) is 0.186. The zero-order valence-corrected chi connectivity index (χ0v) is 48.2. The van der Waals surface area contributed by atoms with E-state index < -0.39 is 0 Å². The van der Waals surface area contributed by atoms with Crippen LogP contribution in [0.5, 0.6) is 34.9 Å². The Kier molecular flexibility index (Phi) is 19.9. The van der Waals surface area contributed by atoms with Crippen molar-refractivity contribution in [3.8, 4) is 34.9 Å². The van der Waals surface area contributed by atoms with Crippen molar-refractivity contribution in [2.24, 2.45) is 15.5 Å².